The topological polar surface area (TPSA) is 25.4 Å². The van der Waals surface area contributed by atoms with Crippen LogP contribution in [0.2, 0.25) is 0 Å². The van der Waals surface area contributed by atoms with Crippen molar-refractivity contribution < 1.29 is 4.74 Å². The number of alkyl halides is 1. The van der Waals surface area contributed by atoms with Crippen LogP contribution in [-0.2, 0) is 10.6 Å². The lowest BCUT2D eigenvalue weighted by molar-refractivity contribution is 0.131. The lowest BCUT2D eigenvalue weighted by Crippen LogP contribution is -2.24. The third-order valence-corrected chi connectivity index (χ3v) is 3.48. The molecular weight excluding hydrogens is 248 g/mol. The van der Waals surface area contributed by atoms with Crippen LogP contribution in [0.25, 0.3) is 0 Å². The quantitative estimate of drug-likeness (QED) is 0.562. The number of aromatic nitrogens is 1. The molecule has 1 aliphatic carbocycles. The number of nitrogens with zero attached hydrogens (tertiary/aromatic N) is 2. The van der Waals surface area contributed by atoms with Crippen molar-refractivity contribution in [3.8, 4) is 0 Å². The van der Waals surface area contributed by atoms with Gasteiger partial charge in [0.2, 0.25) is 0 Å². The summed E-state index contributed by atoms with van der Waals surface area (Å²) >= 11 is 5.87. The van der Waals surface area contributed by atoms with Crippen LogP contribution in [0, 0.1) is 12.8 Å². The van der Waals surface area contributed by atoms with Crippen molar-refractivity contribution >= 4 is 17.4 Å². The molecule has 2 rings (SSSR count). The van der Waals surface area contributed by atoms with Gasteiger partial charge < -0.3 is 9.64 Å². The SMILES string of the molecule is Cc1cc(CCl)cc(N(C)CCOCC2CC2)n1. The number of anilines is 1. The lowest BCUT2D eigenvalue weighted by Gasteiger charge is -2.19. The monoisotopic (exact) mass is 268 g/mol. The van der Waals surface area contributed by atoms with Crippen molar-refractivity contribution in [2.45, 2.75) is 25.6 Å². The van der Waals surface area contributed by atoms with E-state index in [4.69, 9.17) is 16.3 Å². The minimum atomic E-state index is 0.530. The van der Waals surface area contributed by atoms with Gasteiger partial charge in [-0.05, 0) is 43.4 Å². The standard InChI is InChI=1S/C14H21ClN2O/c1-11-7-13(9-15)8-14(16-11)17(2)5-6-18-10-12-3-4-12/h7-8,12H,3-6,9-10H2,1-2H3. The molecule has 0 radical (unpaired) electrons. The van der Waals surface area contributed by atoms with Gasteiger partial charge in [-0.25, -0.2) is 4.98 Å². The van der Waals surface area contributed by atoms with Crippen LogP contribution in [0.5, 0.6) is 0 Å². The van der Waals surface area contributed by atoms with Crippen molar-refractivity contribution in [3.63, 3.8) is 0 Å². The zero-order chi connectivity index (χ0) is 13.0. The van der Waals surface area contributed by atoms with Gasteiger partial charge in [0.1, 0.15) is 5.82 Å². The number of ether oxygens (including phenoxy) is 1. The lowest BCUT2D eigenvalue weighted by atomic mass is 10.2. The van der Waals surface area contributed by atoms with Crippen molar-refractivity contribution in [1.82, 2.24) is 4.98 Å². The average molecular weight is 269 g/mol. The highest BCUT2D eigenvalue weighted by Gasteiger charge is 2.21. The minimum Gasteiger partial charge on any atom is -0.379 e. The third kappa shape index (κ3) is 4.14. The Morgan fingerprint density at radius 2 is 2.22 bits per heavy atom. The molecule has 0 N–H and O–H groups in total. The van der Waals surface area contributed by atoms with E-state index in [0.29, 0.717) is 5.88 Å². The second kappa shape index (κ2) is 6.39. The first-order chi connectivity index (χ1) is 8.69. The van der Waals surface area contributed by atoms with E-state index in [0.717, 1.165) is 42.8 Å². The molecule has 1 heterocycles. The van der Waals surface area contributed by atoms with Crippen LogP contribution >= 0.6 is 11.6 Å². The Morgan fingerprint density at radius 3 is 2.89 bits per heavy atom. The summed E-state index contributed by atoms with van der Waals surface area (Å²) in [5, 5.41) is 0. The van der Waals surface area contributed by atoms with Crippen LogP contribution in [0.15, 0.2) is 12.1 Å². The number of pyridine rings is 1. The first kappa shape index (κ1) is 13.6. The number of aryl methyl sites for hydroxylation is 1. The van der Waals surface area contributed by atoms with Gasteiger partial charge in [-0.2, -0.15) is 0 Å². The molecule has 1 aliphatic rings. The van der Waals surface area contributed by atoms with E-state index in [1.54, 1.807) is 0 Å². The van der Waals surface area contributed by atoms with E-state index in [2.05, 4.69) is 9.88 Å². The first-order valence-corrected chi connectivity index (χ1v) is 7.05. The maximum absolute atomic E-state index is 5.87. The van der Waals surface area contributed by atoms with Crippen molar-refractivity contribution in [3.05, 3.63) is 23.4 Å². The molecule has 0 atom stereocenters. The molecule has 1 saturated carbocycles. The van der Waals surface area contributed by atoms with Crippen molar-refractivity contribution in [2.24, 2.45) is 5.92 Å². The second-order valence-corrected chi connectivity index (χ2v) is 5.32. The van der Waals surface area contributed by atoms with Gasteiger partial charge >= 0.3 is 0 Å². The Kier molecular flexibility index (Phi) is 4.84. The largest absolute Gasteiger partial charge is 0.379 e. The molecular formula is C14H21ClN2O. The highest BCUT2D eigenvalue weighted by molar-refractivity contribution is 6.17. The Balaban J connectivity index is 1.82. The van der Waals surface area contributed by atoms with E-state index < -0.39 is 0 Å². The van der Waals surface area contributed by atoms with Crippen LogP contribution in [0.3, 0.4) is 0 Å². The fourth-order valence-corrected chi connectivity index (χ4v) is 2.00. The zero-order valence-corrected chi connectivity index (χ0v) is 11.9. The summed E-state index contributed by atoms with van der Waals surface area (Å²) < 4.78 is 5.64. The molecule has 0 bridgehead atoms. The van der Waals surface area contributed by atoms with Gasteiger partial charge in [-0.3, -0.25) is 0 Å². The maximum atomic E-state index is 5.87. The van der Waals surface area contributed by atoms with Gasteiger partial charge in [0.15, 0.2) is 0 Å². The number of hydrogen-bond donors (Lipinski definition) is 0. The summed E-state index contributed by atoms with van der Waals surface area (Å²) in [5.41, 5.74) is 2.12. The van der Waals surface area contributed by atoms with Gasteiger partial charge in [0.05, 0.1) is 6.61 Å². The fraction of sp³-hybridized carbons (Fsp3) is 0.643. The highest BCUT2D eigenvalue weighted by Crippen LogP contribution is 2.28. The van der Waals surface area contributed by atoms with Crippen molar-refractivity contribution in [1.29, 1.82) is 0 Å². The Bertz CT molecular complexity index is 393. The van der Waals surface area contributed by atoms with E-state index in [9.17, 15) is 0 Å². The van der Waals surface area contributed by atoms with E-state index in [-0.39, 0.29) is 0 Å². The summed E-state index contributed by atoms with van der Waals surface area (Å²) in [6.07, 6.45) is 2.68. The molecule has 0 amide bonds. The zero-order valence-electron chi connectivity index (χ0n) is 11.2. The van der Waals surface area contributed by atoms with E-state index in [1.165, 1.54) is 12.8 Å². The number of hydrogen-bond acceptors (Lipinski definition) is 3. The number of likely N-dealkylation sites (N-methyl/N-ethyl adjacent to an activating group) is 1. The molecule has 100 valence electrons. The van der Waals surface area contributed by atoms with Crippen molar-refractivity contribution in [2.75, 3.05) is 31.7 Å². The van der Waals surface area contributed by atoms with Crippen LogP contribution in [0.4, 0.5) is 5.82 Å². The fourth-order valence-electron chi connectivity index (χ4n) is 1.84. The third-order valence-electron chi connectivity index (χ3n) is 3.17. The predicted molar refractivity (Wildman–Crippen MR) is 75.3 cm³/mol. The molecule has 18 heavy (non-hydrogen) atoms. The molecule has 0 unspecified atom stereocenters. The Morgan fingerprint density at radius 1 is 1.44 bits per heavy atom. The molecule has 1 aromatic rings. The molecule has 3 nitrogen and oxygen atoms in total. The van der Waals surface area contributed by atoms with Crippen LogP contribution in [-0.4, -0.2) is 31.8 Å². The van der Waals surface area contributed by atoms with Gasteiger partial charge in [0, 0.05) is 31.8 Å². The average Bonchev–Trinajstić information content (AvgIpc) is 3.17. The molecule has 4 heteroatoms. The normalized spacial score (nSPS) is 14.8. The summed E-state index contributed by atoms with van der Waals surface area (Å²) in [7, 11) is 2.04. The van der Waals surface area contributed by atoms with E-state index in [1.807, 2.05) is 26.1 Å². The smallest absolute Gasteiger partial charge is 0.128 e. The number of rotatable bonds is 7. The highest BCUT2D eigenvalue weighted by atomic mass is 35.5. The maximum Gasteiger partial charge on any atom is 0.128 e. The first-order valence-electron chi connectivity index (χ1n) is 6.51. The summed E-state index contributed by atoms with van der Waals surface area (Å²) in [6.45, 7) is 4.54. The van der Waals surface area contributed by atoms with Gasteiger partial charge in [0.25, 0.3) is 0 Å². The molecule has 0 aliphatic heterocycles. The second-order valence-electron chi connectivity index (χ2n) is 5.05. The molecule has 0 aromatic carbocycles. The Hall–Kier alpha value is -0.800. The summed E-state index contributed by atoms with van der Waals surface area (Å²) in [4.78, 5) is 6.64. The molecule has 0 spiro atoms. The summed E-state index contributed by atoms with van der Waals surface area (Å²) in [5.74, 6) is 2.33. The van der Waals surface area contributed by atoms with Crippen LogP contribution in [0.1, 0.15) is 24.1 Å². The number of halogens is 1. The molecule has 0 saturated heterocycles. The summed E-state index contributed by atoms with van der Waals surface area (Å²) in [6, 6.07) is 4.06. The van der Waals surface area contributed by atoms with Crippen LogP contribution < -0.4 is 4.90 Å². The molecule has 1 aromatic heterocycles. The van der Waals surface area contributed by atoms with Gasteiger partial charge in [-0.15, -0.1) is 11.6 Å². The molecule has 1 fully saturated rings. The predicted octanol–water partition coefficient (Wildman–Crippen LogP) is 2.99. The minimum absolute atomic E-state index is 0.530. The van der Waals surface area contributed by atoms with E-state index >= 15 is 0 Å². The van der Waals surface area contributed by atoms with Gasteiger partial charge in [-0.1, -0.05) is 0 Å². The Labute approximate surface area is 114 Å².